The molecule has 230 valence electrons. The van der Waals surface area contributed by atoms with Gasteiger partial charge in [-0.25, -0.2) is 0 Å². The third-order valence-corrected chi connectivity index (χ3v) is 9.11. The van der Waals surface area contributed by atoms with Crippen LogP contribution in [0.4, 0.5) is 0 Å². The second-order valence-corrected chi connectivity index (χ2v) is 11.7. The molecule has 11 atom stereocenters. The van der Waals surface area contributed by atoms with E-state index in [0.29, 0.717) is 13.2 Å². The molecule has 2 aliphatic rings. The van der Waals surface area contributed by atoms with Gasteiger partial charge in [-0.3, -0.25) is 9.88 Å². The van der Waals surface area contributed by atoms with Crippen LogP contribution in [-0.2, 0) is 18.6 Å². The molecular weight excluding hydrogens is 600 g/mol. The fourth-order valence-corrected chi connectivity index (χ4v) is 6.31. The number of carbonyl (C=O) groups excluding carboxylic acids is 1. The number of hydrogen-bond donors (Lipinski definition) is 2. The highest BCUT2D eigenvalue weighted by molar-refractivity contribution is 7.16. The number of allylic oxidation sites excluding steroid dienone is 14. The second kappa shape index (κ2) is 21.4. The summed E-state index contributed by atoms with van der Waals surface area (Å²) < 4.78 is 18.0. The van der Waals surface area contributed by atoms with Gasteiger partial charge in [0, 0.05) is 49.4 Å². The number of rotatable bonds is 6. The molecule has 1 saturated heterocycles. The van der Waals surface area contributed by atoms with Gasteiger partial charge in [-0.2, -0.15) is 0 Å². The van der Waals surface area contributed by atoms with Gasteiger partial charge in [0.1, 0.15) is 0 Å². The van der Waals surface area contributed by atoms with Gasteiger partial charge in [-0.15, -0.1) is 9.24 Å². The molecule has 0 aromatic heterocycles. The van der Waals surface area contributed by atoms with Crippen LogP contribution in [0, 0.1) is 17.8 Å². The Hall–Kier alpha value is -1.31. The average molecular weight is 649 g/mol. The minimum absolute atomic E-state index is 0.00677. The maximum Gasteiger partial charge on any atom is 0.243 e. The van der Waals surface area contributed by atoms with Crippen LogP contribution in [0.3, 0.4) is 0 Å². The van der Waals surface area contributed by atoms with Crippen LogP contribution in [0.15, 0.2) is 109 Å². The topological polar surface area (TPSA) is 68.8 Å². The van der Waals surface area contributed by atoms with Crippen molar-refractivity contribution in [1.29, 1.82) is 0 Å². The van der Waals surface area contributed by atoms with Crippen molar-refractivity contribution in [3.05, 3.63) is 109 Å². The van der Waals surface area contributed by atoms with Gasteiger partial charge in [0.2, 0.25) is 5.91 Å². The summed E-state index contributed by atoms with van der Waals surface area (Å²) in [5.74, 6) is 0.409. The van der Waals surface area contributed by atoms with Gasteiger partial charge in [0.05, 0.1) is 24.4 Å². The molecule has 0 radical (unpaired) electrons. The zero-order valence-electron chi connectivity index (χ0n) is 24.6. The van der Waals surface area contributed by atoms with E-state index in [0.717, 1.165) is 12.6 Å². The van der Waals surface area contributed by atoms with Crippen LogP contribution in [-0.4, -0.2) is 49.1 Å². The van der Waals surface area contributed by atoms with Crippen LogP contribution in [0.5, 0.6) is 0 Å². The average Bonchev–Trinajstić information content (AvgIpc) is 3.00. The molecule has 42 heavy (non-hydrogen) atoms. The smallest absolute Gasteiger partial charge is 0.243 e. The Balaban J connectivity index is 2.33. The number of ether oxygens (including phenoxy) is 1. The molecule has 0 spiro atoms. The maximum absolute atomic E-state index is 12.1. The molecule has 0 aromatic rings. The first-order valence-corrected chi connectivity index (χ1v) is 16.6. The molecule has 0 bridgehead atoms. The van der Waals surface area contributed by atoms with Crippen LogP contribution in [0.1, 0.15) is 20.3 Å². The Bertz CT molecular complexity index is 1080. The van der Waals surface area contributed by atoms with Crippen molar-refractivity contribution in [2.45, 2.75) is 44.1 Å². The summed E-state index contributed by atoms with van der Waals surface area (Å²) in [6.45, 7) is 5.27. The van der Waals surface area contributed by atoms with Crippen molar-refractivity contribution < 1.29 is 18.6 Å². The molecule has 10 heteroatoms. The molecule has 11 unspecified atom stereocenters. The van der Waals surface area contributed by atoms with Gasteiger partial charge in [-0.1, -0.05) is 120 Å². The van der Waals surface area contributed by atoms with Gasteiger partial charge in [0.15, 0.2) is 0 Å². The molecule has 1 amide bonds. The molecular formula is C32H48N2O4P4. The first kappa shape index (κ1) is 36.9. The summed E-state index contributed by atoms with van der Waals surface area (Å²) in [5, 5.41) is 6.33. The molecule has 2 aliphatic heterocycles. The summed E-state index contributed by atoms with van der Waals surface area (Å²) in [6, 6.07) is 0.100. The Labute approximate surface area is 262 Å². The highest BCUT2D eigenvalue weighted by Crippen LogP contribution is 2.36. The lowest BCUT2D eigenvalue weighted by molar-refractivity contribution is -0.116. The minimum Gasteiger partial charge on any atom is -0.374 e. The van der Waals surface area contributed by atoms with Crippen molar-refractivity contribution >= 4 is 43.5 Å². The monoisotopic (exact) mass is 648 g/mol. The Morgan fingerprint density at radius 2 is 1.55 bits per heavy atom. The molecule has 2 N–H and O–H groups in total. The second-order valence-electron chi connectivity index (χ2n) is 10.4. The molecule has 2 heterocycles. The number of amides is 1. The fourth-order valence-electron chi connectivity index (χ4n) is 4.71. The number of nitrogens with one attached hydrogen (secondary N) is 2. The lowest BCUT2D eigenvalue weighted by Gasteiger charge is -2.44. The summed E-state index contributed by atoms with van der Waals surface area (Å²) in [5.41, 5.74) is -0.615. The van der Waals surface area contributed by atoms with E-state index in [1.807, 2.05) is 72.9 Å². The Morgan fingerprint density at radius 3 is 2.14 bits per heavy atom. The van der Waals surface area contributed by atoms with Gasteiger partial charge >= 0.3 is 0 Å². The molecule has 0 aliphatic carbocycles. The molecule has 0 saturated carbocycles. The normalized spacial score (nSPS) is 38.6. The maximum atomic E-state index is 12.1. The molecule has 0 aromatic carbocycles. The van der Waals surface area contributed by atoms with Crippen molar-refractivity contribution in [2.24, 2.45) is 17.8 Å². The third kappa shape index (κ3) is 13.1. The van der Waals surface area contributed by atoms with E-state index in [1.54, 1.807) is 6.08 Å². The van der Waals surface area contributed by atoms with E-state index in [2.05, 4.69) is 86.1 Å². The van der Waals surface area contributed by atoms with E-state index in [-0.39, 0.29) is 41.9 Å². The minimum atomic E-state index is -0.615. The predicted octanol–water partition coefficient (Wildman–Crippen LogP) is 6.14. The number of carbonyl (C=O) groups is 1. The molecule has 2 rings (SSSR count). The Kier molecular flexibility index (Phi) is 18.8. The van der Waals surface area contributed by atoms with Crippen LogP contribution < -0.4 is 10.4 Å². The Morgan fingerprint density at radius 1 is 0.952 bits per heavy atom. The third-order valence-electron chi connectivity index (χ3n) is 7.32. The molecule has 1 fully saturated rings. The van der Waals surface area contributed by atoms with E-state index >= 15 is 0 Å². The molecule has 6 nitrogen and oxygen atoms in total. The quantitative estimate of drug-likeness (QED) is 0.339. The summed E-state index contributed by atoms with van der Waals surface area (Å²) in [6.07, 6.45) is 36.8. The highest BCUT2D eigenvalue weighted by atomic mass is 31.0. The number of hydrogen-bond acceptors (Lipinski definition) is 5. The standard InChI is InChI=1S/C32H48N2O4P4/c1-25-17-13-9-5-3-4-6-10-14-18-26(21-28-31(34-40)27(24-39)29(37-41)23-36-28)32(2,38-42)20-16-12-8-7-11-15-19-30(35)33-22-25/h3-20,25-29,31,34H,21-24,39-42H2,1-2H3,(H,33,35)/b4-3-,9-5-,10-6-,11-7-,12-8-,17-13-,18-14-,19-15+,20-16+. The summed E-state index contributed by atoms with van der Waals surface area (Å²) in [4.78, 5) is 12.1. The van der Waals surface area contributed by atoms with Crippen molar-refractivity contribution in [2.75, 3.05) is 19.3 Å². The van der Waals surface area contributed by atoms with E-state index in [4.69, 9.17) is 13.8 Å². The van der Waals surface area contributed by atoms with Crippen molar-refractivity contribution in [3.8, 4) is 0 Å². The zero-order chi connectivity index (χ0) is 30.6. The largest absolute Gasteiger partial charge is 0.374 e. The van der Waals surface area contributed by atoms with Crippen LogP contribution in [0.25, 0.3) is 0 Å². The lowest BCUT2D eigenvalue weighted by Crippen LogP contribution is -2.55. The van der Waals surface area contributed by atoms with Crippen LogP contribution in [0.2, 0.25) is 0 Å². The fraction of sp³-hybridized carbons (Fsp3) is 0.406. The summed E-state index contributed by atoms with van der Waals surface area (Å²) in [7, 11) is 10.3. The summed E-state index contributed by atoms with van der Waals surface area (Å²) >= 11 is 0. The van der Waals surface area contributed by atoms with Crippen LogP contribution >= 0.6 is 37.6 Å². The first-order chi connectivity index (χ1) is 20.4. The van der Waals surface area contributed by atoms with Crippen molar-refractivity contribution in [3.63, 3.8) is 0 Å². The van der Waals surface area contributed by atoms with E-state index in [9.17, 15) is 4.79 Å². The zero-order valence-corrected chi connectivity index (χ0v) is 29.2. The highest BCUT2D eigenvalue weighted by Gasteiger charge is 2.42. The predicted molar refractivity (Wildman–Crippen MR) is 191 cm³/mol. The van der Waals surface area contributed by atoms with Crippen molar-refractivity contribution in [1.82, 2.24) is 10.4 Å². The SMILES string of the molecule is CC1\C=C/C=C\C=C/C=C\C=C/C(CC2OCC(OP)C(CP)C2NP)C(C)(OP)/C=C/C=C\C=C/C=C/C(=O)NC1. The van der Waals surface area contributed by atoms with Gasteiger partial charge < -0.3 is 19.1 Å². The van der Waals surface area contributed by atoms with E-state index in [1.165, 1.54) is 6.08 Å². The first-order valence-electron chi connectivity index (χ1n) is 14.2. The van der Waals surface area contributed by atoms with Gasteiger partial charge in [-0.05, 0) is 25.4 Å². The lowest BCUT2D eigenvalue weighted by atomic mass is 9.79. The van der Waals surface area contributed by atoms with E-state index < -0.39 is 5.60 Å². The van der Waals surface area contributed by atoms with Gasteiger partial charge in [0.25, 0.3) is 0 Å².